The van der Waals surface area contributed by atoms with Crippen LogP contribution < -0.4 is 4.72 Å². The van der Waals surface area contributed by atoms with Gasteiger partial charge in [-0.15, -0.1) is 0 Å². The summed E-state index contributed by atoms with van der Waals surface area (Å²) in [4.78, 5) is 13.9. The summed E-state index contributed by atoms with van der Waals surface area (Å²) in [7, 11) is -2.36. The van der Waals surface area contributed by atoms with Crippen molar-refractivity contribution in [1.29, 1.82) is 0 Å². The van der Waals surface area contributed by atoms with Crippen LogP contribution in [0.25, 0.3) is 0 Å². The molecular formula is C20H19FN2O4S. The maximum Gasteiger partial charge on any atom is 0.261 e. The standard InChI is InChI=1S/C20H19FN2O4S/c1-14-8-9-18(12-19(14)21)28(25,26)22-16-6-3-5-15(11-16)20(24)23(2)13-17-7-4-10-27-17/h3-12,22H,13H2,1-2H3. The highest BCUT2D eigenvalue weighted by molar-refractivity contribution is 7.92. The number of furan rings is 1. The molecule has 3 rings (SSSR count). The number of aryl methyl sites for hydroxylation is 1. The Morgan fingerprint density at radius 2 is 1.93 bits per heavy atom. The highest BCUT2D eigenvalue weighted by Crippen LogP contribution is 2.20. The van der Waals surface area contributed by atoms with Gasteiger partial charge in [-0.05, 0) is 55.0 Å². The largest absolute Gasteiger partial charge is 0.467 e. The van der Waals surface area contributed by atoms with Crippen molar-refractivity contribution in [1.82, 2.24) is 4.90 Å². The Morgan fingerprint density at radius 3 is 2.61 bits per heavy atom. The van der Waals surface area contributed by atoms with E-state index in [1.165, 1.54) is 35.4 Å². The maximum atomic E-state index is 13.7. The molecule has 0 aliphatic rings. The summed E-state index contributed by atoms with van der Waals surface area (Å²) in [5.74, 6) is -0.265. The topological polar surface area (TPSA) is 79.6 Å². The molecule has 0 radical (unpaired) electrons. The molecule has 0 unspecified atom stereocenters. The number of benzene rings is 2. The van der Waals surface area contributed by atoms with E-state index in [0.717, 1.165) is 6.07 Å². The molecule has 28 heavy (non-hydrogen) atoms. The number of nitrogens with zero attached hydrogens (tertiary/aromatic N) is 1. The average molecular weight is 402 g/mol. The summed E-state index contributed by atoms with van der Waals surface area (Å²) in [6, 6.07) is 13.3. The van der Waals surface area contributed by atoms with Gasteiger partial charge in [0.25, 0.3) is 15.9 Å². The van der Waals surface area contributed by atoms with E-state index in [4.69, 9.17) is 4.42 Å². The van der Waals surface area contributed by atoms with Crippen molar-refractivity contribution in [3.63, 3.8) is 0 Å². The van der Waals surface area contributed by atoms with E-state index >= 15 is 0 Å². The van der Waals surface area contributed by atoms with Crippen LogP contribution in [-0.2, 0) is 16.6 Å². The van der Waals surface area contributed by atoms with E-state index in [-0.39, 0.29) is 23.0 Å². The van der Waals surface area contributed by atoms with Gasteiger partial charge in [-0.3, -0.25) is 9.52 Å². The van der Waals surface area contributed by atoms with Crippen LogP contribution in [-0.4, -0.2) is 26.3 Å². The Labute approximate surface area is 162 Å². The fourth-order valence-electron chi connectivity index (χ4n) is 2.60. The number of carbonyl (C=O) groups excluding carboxylic acids is 1. The molecule has 0 spiro atoms. The van der Waals surface area contributed by atoms with Gasteiger partial charge in [-0.1, -0.05) is 12.1 Å². The number of sulfonamides is 1. The first-order valence-corrected chi connectivity index (χ1v) is 9.91. The van der Waals surface area contributed by atoms with E-state index in [0.29, 0.717) is 16.9 Å². The second kappa shape index (κ2) is 7.85. The molecule has 1 heterocycles. The number of hydrogen-bond acceptors (Lipinski definition) is 4. The quantitative estimate of drug-likeness (QED) is 0.680. The number of halogens is 1. The maximum absolute atomic E-state index is 13.7. The van der Waals surface area contributed by atoms with Gasteiger partial charge in [0.2, 0.25) is 0 Å². The molecular weight excluding hydrogens is 383 g/mol. The number of amides is 1. The molecule has 8 heteroatoms. The third-order valence-corrected chi connectivity index (χ3v) is 5.51. The van der Waals surface area contributed by atoms with Gasteiger partial charge in [-0.25, -0.2) is 12.8 Å². The molecule has 1 aromatic heterocycles. The van der Waals surface area contributed by atoms with Gasteiger partial charge in [0.1, 0.15) is 11.6 Å². The zero-order chi connectivity index (χ0) is 20.3. The summed E-state index contributed by atoms with van der Waals surface area (Å²) in [5.41, 5.74) is 0.869. The van der Waals surface area contributed by atoms with Gasteiger partial charge >= 0.3 is 0 Å². The molecule has 1 N–H and O–H groups in total. The molecule has 0 aliphatic carbocycles. The smallest absolute Gasteiger partial charge is 0.261 e. The van der Waals surface area contributed by atoms with Crippen LogP contribution >= 0.6 is 0 Å². The number of anilines is 1. The first-order valence-electron chi connectivity index (χ1n) is 8.43. The minimum Gasteiger partial charge on any atom is -0.467 e. The van der Waals surface area contributed by atoms with E-state index in [1.807, 2.05) is 0 Å². The summed E-state index contributed by atoms with van der Waals surface area (Å²) >= 11 is 0. The highest BCUT2D eigenvalue weighted by Gasteiger charge is 2.18. The Hall–Kier alpha value is -3.13. The highest BCUT2D eigenvalue weighted by atomic mass is 32.2. The molecule has 146 valence electrons. The van der Waals surface area contributed by atoms with Gasteiger partial charge in [0.15, 0.2) is 0 Å². The molecule has 0 aliphatic heterocycles. The fourth-order valence-corrected chi connectivity index (χ4v) is 3.66. The molecule has 0 atom stereocenters. The van der Waals surface area contributed by atoms with Gasteiger partial charge < -0.3 is 9.32 Å². The lowest BCUT2D eigenvalue weighted by Crippen LogP contribution is -2.26. The number of nitrogens with one attached hydrogen (secondary N) is 1. The molecule has 2 aromatic carbocycles. The molecule has 6 nitrogen and oxygen atoms in total. The Bertz CT molecular complexity index is 1100. The second-order valence-electron chi connectivity index (χ2n) is 6.34. The Morgan fingerprint density at radius 1 is 1.14 bits per heavy atom. The third kappa shape index (κ3) is 4.40. The number of carbonyl (C=O) groups is 1. The van der Waals surface area contributed by atoms with E-state index in [1.54, 1.807) is 38.2 Å². The van der Waals surface area contributed by atoms with Gasteiger partial charge in [0.05, 0.1) is 17.7 Å². The molecule has 3 aromatic rings. The third-order valence-electron chi connectivity index (χ3n) is 4.14. The second-order valence-corrected chi connectivity index (χ2v) is 8.02. The minimum absolute atomic E-state index is 0.192. The lowest BCUT2D eigenvalue weighted by Gasteiger charge is -2.16. The summed E-state index contributed by atoms with van der Waals surface area (Å²) in [6.45, 7) is 1.83. The zero-order valence-corrected chi connectivity index (χ0v) is 16.2. The average Bonchev–Trinajstić information content (AvgIpc) is 3.16. The Kier molecular flexibility index (Phi) is 5.51. The number of rotatable bonds is 6. The van der Waals surface area contributed by atoms with Crippen molar-refractivity contribution in [2.45, 2.75) is 18.4 Å². The van der Waals surface area contributed by atoms with E-state index in [2.05, 4.69) is 4.72 Å². The lowest BCUT2D eigenvalue weighted by molar-refractivity contribution is 0.0775. The first-order chi connectivity index (χ1) is 13.3. The fraction of sp³-hybridized carbons (Fsp3) is 0.150. The van der Waals surface area contributed by atoms with Crippen molar-refractivity contribution in [2.75, 3.05) is 11.8 Å². The van der Waals surface area contributed by atoms with Crippen LogP contribution in [0.15, 0.2) is 70.2 Å². The van der Waals surface area contributed by atoms with Gasteiger partial charge in [0, 0.05) is 18.3 Å². The van der Waals surface area contributed by atoms with Gasteiger partial charge in [-0.2, -0.15) is 0 Å². The van der Waals surface area contributed by atoms with E-state index < -0.39 is 15.8 Å². The molecule has 0 saturated carbocycles. The molecule has 0 saturated heterocycles. The lowest BCUT2D eigenvalue weighted by atomic mass is 10.2. The Balaban J connectivity index is 1.78. The summed E-state index contributed by atoms with van der Waals surface area (Å²) in [5, 5.41) is 0. The van der Waals surface area contributed by atoms with Crippen molar-refractivity contribution in [3.8, 4) is 0 Å². The SMILES string of the molecule is Cc1ccc(S(=O)(=O)Nc2cccc(C(=O)N(C)Cc3ccco3)c2)cc1F. The van der Waals surface area contributed by atoms with Crippen LogP contribution in [0.2, 0.25) is 0 Å². The summed E-state index contributed by atoms with van der Waals surface area (Å²) < 4.78 is 46.3. The molecule has 0 bridgehead atoms. The van der Waals surface area contributed by atoms with E-state index in [9.17, 15) is 17.6 Å². The van der Waals surface area contributed by atoms with Crippen LogP contribution in [0.5, 0.6) is 0 Å². The molecule has 0 fully saturated rings. The predicted octanol–water partition coefficient (Wildman–Crippen LogP) is 3.80. The van der Waals surface area contributed by atoms with Crippen molar-refractivity contribution in [3.05, 3.63) is 83.6 Å². The first kappa shape index (κ1) is 19.6. The van der Waals surface area contributed by atoms with Crippen molar-refractivity contribution < 1.29 is 22.0 Å². The predicted molar refractivity (Wildman–Crippen MR) is 103 cm³/mol. The van der Waals surface area contributed by atoms with Crippen LogP contribution in [0.1, 0.15) is 21.7 Å². The van der Waals surface area contributed by atoms with Crippen molar-refractivity contribution in [2.24, 2.45) is 0 Å². The normalized spacial score (nSPS) is 11.2. The number of hydrogen-bond donors (Lipinski definition) is 1. The molecule has 1 amide bonds. The minimum atomic E-state index is -3.99. The van der Waals surface area contributed by atoms with Crippen molar-refractivity contribution >= 4 is 21.6 Å². The summed E-state index contributed by atoms with van der Waals surface area (Å²) in [6.07, 6.45) is 1.52. The van der Waals surface area contributed by atoms with Crippen LogP contribution in [0.4, 0.5) is 10.1 Å². The zero-order valence-electron chi connectivity index (χ0n) is 15.3. The van der Waals surface area contributed by atoms with Crippen LogP contribution in [0, 0.1) is 12.7 Å². The van der Waals surface area contributed by atoms with Crippen LogP contribution in [0.3, 0.4) is 0 Å². The monoisotopic (exact) mass is 402 g/mol.